The molecule has 26 heavy (non-hydrogen) atoms. The van der Waals surface area contributed by atoms with E-state index in [1.54, 1.807) is 0 Å². The van der Waals surface area contributed by atoms with Crippen molar-refractivity contribution in [2.45, 2.75) is 32.0 Å². The summed E-state index contributed by atoms with van der Waals surface area (Å²) in [5.41, 5.74) is 4.27. The van der Waals surface area contributed by atoms with Crippen LogP contribution >= 0.6 is 0 Å². The van der Waals surface area contributed by atoms with E-state index in [1.807, 2.05) is 30.6 Å². The summed E-state index contributed by atoms with van der Waals surface area (Å²) in [6.45, 7) is 5.39. The van der Waals surface area contributed by atoms with E-state index >= 15 is 0 Å². The van der Waals surface area contributed by atoms with Crippen molar-refractivity contribution in [3.8, 4) is 0 Å². The fraction of sp³-hybridized carbons (Fsp3) is 0.450. The summed E-state index contributed by atoms with van der Waals surface area (Å²) in [6.07, 6.45) is 6.45. The minimum absolute atomic E-state index is 0.598. The molecular formula is C20H23N5O. The lowest BCUT2D eigenvalue weighted by atomic mass is 9.94. The minimum atomic E-state index is 0.598. The second-order valence-electron chi connectivity index (χ2n) is 7.63. The Morgan fingerprint density at radius 3 is 2.92 bits per heavy atom. The van der Waals surface area contributed by atoms with Gasteiger partial charge in [0.05, 0.1) is 0 Å². The molecule has 3 aliphatic heterocycles. The highest BCUT2D eigenvalue weighted by molar-refractivity contribution is 5.76. The standard InChI is InChI=1S/C20H23N5O/c1-4-17(20-19(5-1)22-26-23-20)13-25-12-16-6-7-18(25)14-24(11-16)10-15-3-2-8-21-9-15/h1-5,8-9,16,18H,6-7,10-14H2/t16-,18+/m1/s1. The van der Waals surface area contributed by atoms with E-state index in [4.69, 9.17) is 4.63 Å². The Labute approximate surface area is 152 Å². The first-order chi connectivity index (χ1) is 12.8. The molecule has 134 valence electrons. The van der Waals surface area contributed by atoms with Gasteiger partial charge in [0.1, 0.15) is 11.0 Å². The lowest BCUT2D eigenvalue weighted by molar-refractivity contribution is 0.123. The summed E-state index contributed by atoms with van der Waals surface area (Å²) < 4.78 is 4.93. The molecule has 5 heterocycles. The van der Waals surface area contributed by atoms with Crippen molar-refractivity contribution >= 4 is 11.0 Å². The lowest BCUT2D eigenvalue weighted by Crippen LogP contribution is -2.43. The average molecular weight is 349 g/mol. The van der Waals surface area contributed by atoms with Crippen molar-refractivity contribution in [1.82, 2.24) is 25.1 Å². The molecule has 2 bridgehead atoms. The number of rotatable bonds is 4. The highest BCUT2D eigenvalue weighted by Gasteiger charge is 2.34. The maximum Gasteiger partial charge on any atom is 0.139 e. The van der Waals surface area contributed by atoms with Crippen LogP contribution < -0.4 is 0 Å². The van der Waals surface area contributed by atoms with Crippen molar-refractivity contribution < 1.29 is 4.63 Å². The van der Waals surface area contributed by atoms with E-state index in [0.29, 0.717) is 6.04 Å². The van der Waals surface area contributed by atoms with Gasteiger partial charge < -0.3 is 0 Å². The molecule has 0 radical (unpaired) electrons. The van der Waals surface area contributed by atoms with Crippen LogP contribution in [0.25, 0.3) is 11.0 Å². The summed E-state index contributed by atoms with van der Waals surface area (Å²) in [6, 6.07) is 11.0. The van der Waals surface area contributed by atoms with Crippen molar-refractivity contribution in [3.05, 3.63) is 53.9 Å². The second kappa shape index (κ2) is 6.78. The molecule has 6 rings (SSSR count). The zero-order valence-corrected chi connectivity index (χ0v) is 14.8. The van der Waals surface area contributed by atoms with Gasteiger partial charge in [-0.1, -0.05) is 18.2 Å². The maximum atomic E-state index is 4.93. The third-order valence-corrected chi connectivity index (χ3v) is 5.77. The smallest absolute Gasteiger partial charge is 0.139 e. The average Bonchev–Trinajstić information content (AvgIpc) is 2.99. The SMILES string of the molecule is c1cncc(CN2C[C@H]3CC[C@@H](C2)N(Cc2cccc4nonc24)C3)c1. The Bertz CT molecular complexity index is 880. The Balaban J connectivity index is 1.33. The fourth-order valence-electron chi connectivity index (χ4n) is 4.56. The van der Waals surface area contributed by atoms with Crippen LogP contribution in [0.3, 0.4) is 0 Å². The van der Waals surface area contributed by atoms with Crippen LogP contribution in [0.15, 0.2) is 47.4 Å². The summed E-state index contributed by atoms with van der Waals surface area (Å²) in [4.78, 5) is 9.51. The highest BCUT2D eigenvalue weighted by Crippen LogP contribution is 2.30. The van der Waals surface area contributed by atoms with Crippen molar-refractivity contribution in [2.24, 2.45) is 5.92 Å². The number of nitrogens with zero attached hydrogens (tertiary/aromatic N) is 5. The molecule has 0 N–H and O–H groups in total. The molecule has 0 amide bonds. The molecular weight excluding hydrogens is 326 g/mol. The van der Waals surface area contributed by atoms with E-state index in [1.165, 1.54) is 30.5 Å². The van der Waals surface area contributed by atoms with Gasteiger partial charge in [0, 0.05) is 51.2 Å². The fourth-order valence-corrected chi connectivity index (χ4v) is 4.56. The molecule has 2 atom stereocenters. The van der Waals surface area contributed by atoms with Gasteiger partial charge in [-0.25, -0.2) is 4.63 Å². The number of hydrogen-bond acceptors (Lipinski definition) is 6. The molecule has 0 saturated carbocycles. The number of hydrogen-bond donors (Lipinski definition) is 0. The third kappa shape index (κ3) is 3.10. The van der Waals surface area contributed by atoms with Gasteiger partial charge in [-0.2, -0.15) is 0 Å². The van der Waals surface area contributed by atoms with E-state index in [-0.39, 0.29) is 0 Å². The van der Waals surface area contributed by atoms with Gasteiger partial charge in [0.2, 0.25) is 0 Å². The van der Waals surface area contributed by atoms with Crippen LogP contribution in [0.2, 0.25) is 0 Å². The summed E-state index contributed by atoms with van der Waals surface area (Å²) in [5, 5.41) is 8.09. The Hall–Kier alpha value is -2.31. The molecule has 0 unspecified atom stereocenters. The highest BCUT2D eigenvalue weighted by atomic mass is 16.6. The molecule has 2 aromatic heterocycles. The van der Waals surface area contributed by atoms with Gasteiger partial charge in [0.15, 0.2) is 0 Å². The number of aromatic nitrogens is 3. The second-order valence-corrected chi connectivity index (χ2v) is 7.63. The Morgan fingerprint density at radius 2 is 2.00 bits per heavy atom. The van der Waals surface area contributed by atoms with Gasteiger partial charge >= 0.3 is 0 Å². The predicted octanol–water partition coefficient (Wildman–Crippen LogP) is 2.71. The Morgan fingerprint density at radius 1 is 1.00 bits per heavy atom. The van der Waals surface area contributed by atoms with Crippen LogP contribution in [0, 0.1) is 5.92 Å². The summed E-state index contributed by atoms with van der Waals surface area (Å²) in [5.74, 6) is 0.736. The zero-order valence-electron chi connectivity index (χ0n) is 14.8. The normalized spacial score (nSPS) is 24.2. The summed E-state index contributed by atoms with van der Waals surface area (Å²) in [7, 11) is 0. The molecule has 6 nitrogen and oxygen atoms in total. The molecule has 1 aromatic carbocycles. The Kier molecular flexibility index (Phi) is 4.15. The number of pyridine rings is 1. The quantitative estimate of drug-likeness (QED) is 0.722. The molecule has 3 saturated heterocycles. The minimum Gasteiger partial charge on any atom is -0.297 e. The third-order valence-electron chi connectivity index (χ3n) is 5.77. The van der Waals surface area contributed by atoms with Crippen molar-refractivity contribution in [2.75, 3.05) is 19.6 Å². The number of fused-ring (bicyclic) bond motifs is 5. The molecule has 0 spiro atoms. The van der Waals surface area contributed by atoms with Crippen LogP contribution in [0.1, 0.15) is 24.0 Å². The zero-order chi connectivity index (χ0) is 17.3. The van der Waals surface area contributed by atoms with Crippen LogP contribution in [-0.4, -0.2) is 50.8 Å². The topological polar surface area (TPSA) is 58.3 Å². The summed E-state index contributed by atoms with van der Waals surface area (Å²) >= 11 is 0. The maximum absolute atomic E-state index is 4.93. The van der Waals surface area contributed by atoms with E-state index in [9.17, 15) is 0 Å². The van der Waals surface area contributed by atoms with Crippen LogP contribution in [0.4, 0.5) is 0 Å². The number of piperidine rings is 1. The first kappa shape index (κ1) is 15.9. The van der Waals surface area contributed by atoms with Gasteiger partial charge in [-0.3, -0.25) is 14.8 Å². The first-order valence-electron chi connectivity index (χ1n) is 9.40. The molecule has 3 fully saturated rings. The number of benzene rings is 1. The molecule has 6 heteroatoms. The molecule has 3 aromatic rings. The largest absolute Gasteiger partial charge is 0.297 e. The predicted molar refractivity (Wildman–Crippen MR) is 98.2 cm³/mol. The van der Waals surface area contributed by atoms with E-state index < -0.39 is 0 Å². The van der Waals surface area contributed by atoms with Crippen molar-refractivity contribution in [1.29, 1.82) is 0 Å². The van der Waals surface area contributed by atoms with Gasteiger partial charge in [-0.05, 0) is 52.3 Å². The monoisotopic (exact) mass is 349 g/mol. The van der Waals surface area contributed by atoms with Gasteiger partial charge in [-0.15, -0.1) is 0 Å². The van der Waals surface area contributed by atoms with Crippen molar-refractivity contribution in [3.63, 3.8) is 0 Å². The van der Waals surface area contributed by atoms with E-state index in [0.717, 1.165) is 43.1 Å². The van der Waals surface area contributed by atoms with Crippen LogP contribution in [-0.2, 0) is 13.1 Å². The molecule has 0 aliphatic carbocycles. The first-order valence-corrected chi connectivity index (χ1v) is 9.40. The van der Waals surface area contributed by atoms with E-state index in [2.05, 4.69) is 37.2 Å². The van der Waals surface area contributed by atoms with Gasteiger partial charge in [0.25, 0.3) is 0 Å². The van der Waals surface area contributed by atoms with Crippen LogP contribution in [0.5, 0.6) is 0 Å². The molecule has 3 aliphatic rings. The lowest BCUT2D eigenvalue weighted by Gasteiger charge is -2.36.